The molecule has 0 aliphatic rings. The zero-order valence-corrected chi connectivity index (χ0v) is 23.6. The summed E-state index contributed by atoms with van der Waals surface area (Å²) in [6.07, 6.45) is 4.28. The lowest BCUT2D eigenvalue weighted by molar-refractivity contribution is -0.129. The first-order valence-corrected chi connectivity index (χ1v) is 13.9. The third-order valence-electron chi connectivity index (χ3n) is 6.81. The van der Waals surface area contributed by atoms with E-state index >= 15 is 0 Å². The number of aromatic nitrogens is 2. The molecule has 1 aromatic heterocycles. The largest absolute Gasteiger partial charge is 0.478 e. The first-order valence-electron chi connectivity index (χ1n) is 13.1. The van der Waals surface area contributed by atoms with Crippen molar-refractivity contribution in [1.82, 2.24) is 20.3 Å². The number of rotatable bonds is 12. The fourth-order valence-corrected chi connectivity index (χ4v) is 5.24. The maximum absolute atomic E-state index is 13.6. The number of imidazole rings is 1. The van der Waals surface area contributed by atoms with Gasteiger partial charge >= 0.3 is 5.97 Å². The molecular weight excluding hydrogens is 576 g/mol. The number of benzene rings is 3. The summed E-state index contributed by atoms with van der Waals surface area (Å²) < 4.78 is 2.71. The van der Waals surface area contributed by atoms with Crippen LogP contribution in [0.4, 0.5) is 0 Å². The molecule has 0 saturated heterocycles. The number of carbonyl (C=O) groups excluding carboxylic acids is 2. The number of unbranched alkanes of at least 4 members (excludes halogenated alkanes) is 1. The summed E-state index contributed by atoms with van der Waals surface area (Å²) in [6.45, 7) is 2.39. The van der Waals surface area contributed by atoms with Crippen molar-refractivity contribution in [3.63, 3.8) is 0 Å². The van der Waals surface area contributed by atoms with Gasteiger partial charge in [0.1, 0.15) is 11.5 Å². The Labute approximate surface area is 240 Å². The van der Waals surface area contributed by atoms with E-state index in [1.54, 1.807) is 29.7 Å². The number of carbonyl (C=O) groups is 3. The van der Waals surface area contributed by atoms with Crippen LogP contribution in [0.15, 0.2) is 71.3 Å². The van der Waals surface area contributed by atoms with Crippen LogP contribution in [0.3, 0.4) is 0 Å². The van der Waals surface area contributed by atoms with Crippen molar-refractivity contribution in [3.8, 4) is 0 Å². The highest BCUT2D eigenvalue weighted by atomic mass is 79.9. The summed E-state index contributed by atoms with van der Waals surface area (Å²) >= 11 is 3.52. The predicted molar refractivity (Wildman–Crippen MR) is 154 cm³/mol. The van der Waals surface area contributed by atoms with E-state index in [0.29, 0.717) is 30.5 Å². The molecule has 4 aromatic rings. The first kappa shape index (κ1) is 29.0. The van der Waals surface area contributed by atoms with Gasteiger partial charge in [-0.3, -0.25) is 14.8 Å². The minimum absolute atomic E-state index is 0.123. The highest BCUT2D eigenvalue weighted by molar-refractivity contribution is 9.10. The zero-order chi connectivity index (χ0) is 28.6. The number of aryl methyl sites for hydroxylation is 1. The molecule has 0 bridgehead atoms. The number of hydrogen-bond acceptors (Lipinski definition) is 5. The Balaban J connectivity index is 1.68. The number of halogens is 1. The van der Waals surface area contributed by atoms with Gasteiger partial charge in [0, 0.05) is 23.4 Å². The lowest BCUT2D eigenvalue weighted by Gasteiger charge is -2.20. The Morgan fingerprint density at radius 2 is 1.73 bits per heavy atom. The lowest BCUT2D eigenvalue weighted by Crippen LogP contribution is -2.41. The second-order valence-electron chi connectivity index (χ2n) is 9.58. The maximum Gasteiger partial charge on any atom is 0.336 e. The summed E-state index contributed by atoms with van der Waals surface area (Å²) in [7, 11) is 0. The van der Waals surface area contributed by atoms with Crippen molar-refractivity contribution >= 4 is 44.5 Å². The van der Waals surface area contributed by atoms with Crippen molar-refractivity contribution in [1.29, 1.82) is 0 Å². The van der Waals surface area contributed by atoms with E-state index in [0.717, 1.165) is 39.7 Å². The van der Waals surface area contributed by atoms with E-state index < -0.39 is 23.8 Å². The van der Waals surface area contributed by atoms with Gasteiger partial charge in [-0.2, -0.15) is 0 Å². The number of amides is 2. The maximum atomic E-state index is 13.6. The molecule has 208 valence electrons. The number of carboxylic acid groups (broad SMARTS) is 1. The third-order valence-corrected chi connectivity index (χ3v) is 7.59. The minimum atomic E-state index is -1.00. The molecule has 0 saturated carbocycles. The molecular formula is C30H31BrN4O5. The molecule has 1 atom stereocenters. The minimum Gasteiger partial charge on any atom is -0.478 e. The molecule has 0 fully saturated rings. The SMILES string of the molecule is CCCCc1ncc(C(=O)NC(CC(=O)NO)Cc2ccccc2Br)n1Cc1ccc(C(=O)O)c2ccccc12. The molecule has 0 aliphatic heterocycles. The predicted octanol–water partition coefficient (Wildman–Crippen LogP) is 5.12. The summed E-state index contributed by atoms with van der Waals surface area (Å²) in [4.78, 5) is 42.1. The molecule has 4 N–H and O–H groups in total. The molecule has 1 unspecified atom stereocenters. The lowest BCUT2D eigenvalue weighted by atomic mass is 9.99. The topological polar surface area (TPSA) is 134 Å². The van der Waals surface area contributed by atoms with Crippen LogP contribution in [-0.4, -0.2) is 43.7 Å². The number of fused-ring (bicyclic) bond motifs is 1. The van der Waals surface area contributed by atoms with Crippen molar-refractivity contribution in [3.05, 3.63) is 99.5 Å². The summed E-state index contributed by atoms with van der Waals surface area (Å²) in [5.74, 6) is -1.27. The van der Waals surface area contributed by atoms with Crippen LogP contribution in [0.2, 0.25) is 0 Å². The Kier molecular flexibility index (Phi) is 9.68. The summed E-state index contributed by atoms with van der Waals surface area (Å²) in [5.41, 5.74) is 3.95. The van der Waals surface area contributed by atoms with Gasteiger partial charge in [0.15, 0.2) is 0 Å². The number of hydroxylamine groups is 1. The molecule has 3 aromatic carbocycles. The van der Waals surface area contributed by atoms with Crippen LogP contribution in [-0.2, 0) is 24.2 Å². The molecule has 0 spiro atoms. The Hall–Kier alpha value is -4.02. The molecule has 2 amide bonds. The third kappa shape index (κ3) is 6.75. The fraction of sp³-hybridized carbons (Fsp3) is 0.267. The average molecular weight is 608 g/mol. The molecule has 1 heterocycles. The van der Waals surface area contributed by atoms with Crippen LogP contribution in [0.5, 0.6) is 0 Å². The Morgan fingerprint density at radius 1 is 1.00 bits per heavy atom. The van der Waals surface area contributed by atoms with Gasteiger partial charge in [0.25, 0.3) is 5.91 Å². The highest BCUT2D eigenvalue weighted by Gasteiger charge is 2.23. The number of hydrogen-bond donors (Lipinski definition) is 4. The van der Waals surface area contributed by atoms with Crippen LogP contribution in [0, 0.1) is 0 Å². The summed E-state index contributed by atoms with van der Waals surface area (Å²) in [6, 6.07) is 17.6. The first-order chi connectivity index (χ1) is 19.3. The van der Waals surface area contributed by atoms with Gasteiger partial charge in [-0.15, -0.1) is 0 Å². The van der Waals surface area contributed by atoms with Gasteiger partial charge in [0.2, 0.25) is 5.91 Å². The van der Waals surface area contributed by atoms with Crippen LogP contribution in [0.1, 0.15) is 64.0 Å². The van der Waals surface area contributed by atoms with Crippen molar-refractivity contribution < 1.29 is 24.7 Å². The molecule has 0 aliphatic carbocycles. The van der Waals surface area contributed by atoms with Gasteiger partial charge in [-0.25, -0.2) is 15.3 Å². The highest BCUT2D eigenvalue weighted by Crippen LogP contribution is 2.25. The van der Waals surface area contributed by atoms with Gasteiger partial charge in [0.05, 0.1) is 18.3 Å². The van der Waals surface area contributed by atoms with E-state index in [1.807, 2.05) is 41.0 Å². The van der Waals surface area contributed by atoms with E-state index in [4.69, 9.17) is 5.21 Å². The smallest absolute Gasteiger partial charge is 0.336 e. The second-order valence-corrected chi connectivity index (χ2v) is 10.4. The van der Waals surface area contributed by atoms with Gasteiger partial charge < -0.3 is 15.0 Å². The fourth-order valence-electron chi connectivity index (χ4n) is 4.79. The van der Waals surface area contributed by atoms with Gasteiger partial charge in [-0.05, 0) is 46.9 Å². The monoisotopic (exact) mass is 606 g/mol. The quantitative estimate of drug-likeness (QED) is 0.131. The Bertz CT molecular complexity index is 1530. The molecule has 40 heavy (non-hydrogen) atoms. The normalized spacial score (nSPS) is 11.8. The second kappa shape index (κ2) is 13.4. The average Bonchev–Trinajstić information content (AvgIpc) is 3.35. The Morgan fingerprint density at radius 3 is 2.42 bits per heavy atom. The number of aromatic carboxylic acids is 1. The summed E-state index contributed by atoms with van der Waals surface area (Å²) in [5, 5.41) is 23.1. The van der Waals surface area contributed by atoms with E-state index in [9.17, 15) is 19.5 Å². The van der Waals surface area contributed by atoms with Crippen molar-refractivity contribution in [2.24, 2.45) is 0 Å². The van der Waals surface area contributed by atoms with Crippen LogP contribution >= 0.6 is 15.9 Å². The number of nitrogens with one attached hydrogen (secondary N) is 2. The van der Waals surface area contributed by atoms with Crippen LogP contribution in [0.25, 0.3) is 10.8 Å². The molecule has 10 heteroatoms. The van der Waals surface area contributed by atoms with Crippen molar-refractivity contribution in [2.75, 3.05) is 0 Å². The zero-order valence-electron chi connectivity index (χ0n) is 22.1. The molecule has 9 nitrogen and oxygen atoms in total. The van der Waals surface area contributed by atoms with E-state index in [1.165, 1.54) is 6.20 Å². The molecule has 4 rings (SSSR count). The van der Waals surface area contributed by atoms with E-state index in [-0.39, 0.29) is 12.0 Å². The number of carboxylic acids is 1. The van der Waals surface area contributed by atoms with E-state index in [2.05, 4.69) is 33.2 Å². The van der Waals surface area contributed by atoms with Crippen molar-refractivity contribution in [2.45, 2.75) is 51.6 Å². The standard InChI is InChI=1S/C30H31BrN4O5/c1-2-3-12-27-32-17-26(29(37)33-21(16-28(36)34-40)15-19-8-4-7-11-25(19)31)35(27)18-20-13-14-24(30(38)39)23-10-6-5-9-22(20)23/h4-11,13-14,17,21,40H,2-3,12,15-16,18H2,1H3,(H,33,37)(H,34,36)(H,38,39). The molecule has 0 radical (unpaired) electrons. The number of nitrogens with zero attached hydrogens (tertiary/aromatic N) is 2. The van der Waals surface area contributed by atoms with Crippen LogP contribution < -0.4 is 10.8 Å². The van der Waals surface area contributed by atoms with Gasteiger partial charge in [-0.1, -0.05) is 77.8 Å².